The predicted octanol–water partition coefficient (Wildman–Crippen LogP) is 3.14. The van der Waals surface area contributed by atoms with Crippen molar-refractivity contribution in [3.05, 3.63) is 23.3 Å². The number of nitrogens with two attached hydrogens (primary N) is 1. The zero-order valence-electron chi connectivity index (χ0n) is 10.5. The van der Waals surface area contributed by atoms with Crippen molar-refractivity contribution >= 4 is 11.8 Å². The molecule has 1 rings (SSSR count). The van der Waals surface area contributed by atoms with Crippen LogP contribution in [0, 0.1) is 13.8 Å². The van der Waals surface area contributed by atoms with Crippen LogP contribution in [0.15, 0.2) is 17.0 Å². The topological polar surface area (TPSA) is 35.2 Å². The molecule has 0 heterocycles. The molecule has 0 amide bonds. The lowest BCUT2D eigenvalue weighted by atomic mass is 10.1. The molecule has 0 spiro atoms. The molecule has 1 unspecified atom stereocenters. The lowest BCUT2D eigenvalue weighted by Crippen LogP contribution is -2.07. The molecule has 0 fully saturated rings. The van der Waals surface area contributed by atoms with E-state index in [1.807, 2.05) is 11.8 Å². The van der Waals surface area contributed by atoms with Crippen molar-refractivity contribution < 1.29 is 4.74 Å². The number of hydrogen-bond donors (Lipinski definition) is 1. The molecule has 0 bridgehead atoms. The lowest BCUT2D eigenvalue weighted by molar-refractivity contribution is 0.411. The van der Waals surface area contributed by atoms with E-state index in [2.05, 4.69) is 32.9 Å². The van der Waals surface area contributed by atoms with Crippen LogP contribution in [-0.4, -0.2) is 18.9 Å². The van der Waals surface area contributed by atoms with Gasteiger partial charge in [0.25, 0.3) is 0 Å². The summed E-state index contributed by atoms with van der Waals surface area (Å²) in [6.45, 7) is 7.17. The summed E-state index contributed by atoms with van der Waals surface area (Å²) in [7, 11) is 1.71. The molecule has 3 heteroatoms. The first-order valence-corrected chi connectivity index (χ1v) is 6.48. The third kappa shape index (κ3) is 3.42. The van der Waals surface area contributed by atoms with E-state index in [0.29, 0.717) is 5.25 Å². The molecule has 0 saturated heterocycles. The Hall–Kier alpha value is -0.670. The molecule has 90 valence electrons. The van der Waals surface area contributed by atoms with E-state index in [1.54, 1.807) is 7.11 Å². The average Bonchev–Trinajstić information content (AvgIpc) is 2.23. The van der Waals surface area contributed by atoms with E-state index in [9.17, 15) is 0 Å². The normalized spacial score (nSPS) is 12.6. The van der Waals surface area contributed by atoms with Gasteiger partial charge in [0.05, 0.1) is 7.11 Å². The first kappa shape index (κ1) is 13.4. The fraction of sp³-hybridized carbons (Fsp3) is 0.538. The molecule has 1 atom stereocenters. The first-order valence-electron chi connectivity index (χ1n) is 5.60. The van der Waals surface area contributed by atoms with Gasteiger partial charge in [0, 0.05) is 10.1 Å². The van der Waals surface area contributed by atoms with Crippen LogP contribution in [0.5, 0.6) is 5.75 Å². The van der Waals surface area contributed by atoms with E-state index in [1.165, 1.54) is 16.0 Å². The fourth-order valence-corrected chi connectivity index (χ4v) is 2.80. The summed E-state index contributed by atoms with van der Waals surface area (Å²) in [6.07, 6.45) is 1.05. The van der Waals surface area contributed by atoms with E-state index in [0.717, 1.165) is 18.7 Å². The molecule has 0 aliphatic heterocycles. The fourth-order valence-electron chi connectivity index (χ4n) is 1.62. The third-order valence-electron chi connectivity index (χ3n) is 2.59. The van der Waals surface area contributed by atoms with Gasteiger partial charge in [-0.1, -0.05) is 6.92 Å². The van der Waals surface area contributed by atoms with Crippen molar-refractivity contribution in [3.8, 4) is 5.75 Å². The van der Waals surface area contributed by atoms with Gasteiger partial charge in [-0.2, -0.15) is 0 Å². The highest BCUT2D eigenvalue weighted by Crippen LogP contribution is 2.32. The van der Waals surface area contributed by atoms with Crippen molar-refractivity contribution in [3.63, 3.8) is 0 Å². The molecule has 16 heavy (non-hydrogen) atoms. The Kier molecular flexibility index (Phi) is 5.16. The van der Waals surface area contributed by atoms with Gasteiger partial charge in [0.1, 0.15) is 5.75 Å². The standard InChI is InChI=1S/C13H21NOS/c1-9-8-13(16-11(3)5-6-14)10(2)7-12(9)15-4/h7-8,11H,5-6,14H2,1-4H3. The number of rotatable bonds is 5. The molecule has 2 nitrogen and oxygen atoms in total. The van der Waals surface area contributed by atoms with Crippen molar-refractivity contribution in [2.45, 2.75) is 37.3 Å². The van der Waals surface area contributed by atoms with Crippen LogP contribution in [0.4, 0.5) is 0 Å². The van der Waals surface area contributed by atoms with Gasteiger partial charge in [-0.05, 0) is 50.1 Å². The third-order valence-corrected chi connectivity index (χ3v) is 3.93. The Morgan fingerprint density at radius 1 is 1.31 bits per heavy atom. The van der Waals surface area contributed by atoms with Crippen LogP contribution in [0.1, 0.15) is 24.5 Å². The van der Waals surface area contributed by atoms with E-state index >= 15 is 0 Å². The van der Waals surface area contributed by atoms with Crippen LogP contribution >= 0.6 is 11.8 Å². The second kappa shape index (κ2) is 6.16. The smallest absolute Gasteiger partial charge is 0.122 e. The minimum Gasteiger partial charge on any atom is -0.496 e. The summed E-state index contributed by atoms with van der Waals surface area (Å²) in [5, 5.41) is 0.566. The average molecular weight is 239 g/mol. The molecule has 0 aliphatic rings. The molecule has 1 aromatic rings. The van der Waals surface area contributed by atoms with E-state index in [4.69, 9.17) is 10.5 Å². The number of hydrogen-bond acceptors (Lipinski definition) is 3. The van der Waals surface area contributed by atoms with E-state index in [-0.39, 0.29) is 0 Å². The second-order valence-electron chi connectivity index (χ2n) is 4.09. The Labute approximate surface area is 103 Å². The summed E-state index contributed by atoms with van der Waals surface area (Å²) in [6, 6.07) is 4.30. The van der Waals surface area contributed by atoms with Gasteiger partial charge >= 0.3 is 0 Å². The van der Waals surface area contributed by atoms with Crippen LogP contribution in [-0.2, 0) is 0 Å². The van der Waals surface area contributed by atoms with Crippen molar-refractivity contribution in [2.24, 2.45) is 5.73 Å². The Morgan fingerprint density at radius 3 is 2.56 bits per heavy atom. The summed E-state index contributed by atoms with van der Waals surface area (Å²) in [5.74, 6) is 0.966. The first-order chi connectivity index (χ1) is 7.58. The predicted molar refractivity (Wildman–Crippen MR) is 71.5 cm³/mol. The Morgan fingerprint density at radius 2 is 2.00 bits per heavy atom. The van der Waals surface area contributed by atoms with Crippen LogP contribution < -0.4 is 10.5 Å². The maximum Gasteiger partial charge on any atom is 0.122 e. The Bertz CT molecular complexity index is 352. The van der Waals surface area contributed by atoms with Gasteiger partial charge in [0.15, 0.2) is 0 Å². The van der Waals surface area contributed by atoms with Gasteiger partial charge in [-0.3, -0.25) is 0 Å². The van der Waals surface area contributed by atoms with Crippen LogP contribution in [0.2, 0.25) is 0 Å². The molecular formula is C13H21NOS. The molecule has 0 aliphatic carbocycles. The second-order valence-corrected chi connectivity index (χ2v) is 5.57. The van der Waals surface area contributed by atoms with Gasteiger partial charge in [0.2, 0.25) is 0 Å². The maximum absolute atomic E-state index is 5.56. The SMILES string of the molecule is COc1cc(C)c(SC(C)CCN)cc1C. The van der Waals surface area contributed by atoms with Crippen molar-refractivity contribution in [1.82, 2.24) is 0 Å². The zero-order chi connectivity index (χ0) is 12.1. The highest BCUT2D eigenvalue weighted by atomic mass is 32.2. The zero-order valence-corrected chi connectivity index (χ0v) is 11.4. The quantitative estimate of drug-likeness (QED) is 0.802. The number of methoxy groups -OCH3 is 1. The van der Waals surface area contributed by atoms with Crippen molar-refractivity contribution in [1.29, 1.82) is 0 Å². The maximum atomic E-state index is 5.56. The summed E-state index contributed by atoms with van der Waals surface area (Å²) in [4.78, 5) is 1.33. The van der Waals surface area contributed by atoms with Crippen LogP contribution in [0.3, 0.4) is 0 Å². The lowest BCUT2D eigenvalue weighted by Gasteiger charge is -2.14. The largest absolute Gasteiger partial charge is 0.496 e. The number of thioether (sulfide) groups is 1. The Balaban J connectivity index is 2.85. The van der Waals surface area contributed by atoms with Gasteiger partial charge in [-0.15, -0.1) is 11.8 Å². The van der Waals surface area contributed by atoms with Gasteiger partial charge in [-0.25, -0.2) is 0 Å². The molecule has 0 aromatic heterocycles. The highest BCUT2D eigenvalue weighted by molar-refractivity contribution is 8.00. The van der Waals surface area contributed by atoms with Crippen molar-refractivity contribution in [2.75, 3.05) is 13.7 Å². The molecule has 2 N–H and O–H groups in total. The molecule has 1 aromatic carbocycles. The molecular weight excluding hydrogens is 218 g/mol. The van der Waals surface area contributed by atoms with Crippen LogP contribution in [0.25, 0.3) is 0 Å². The summed E-state index contributed by atoms with van der Waals surface area (Å²) < 4.78 is 5.30. The van der Waals surface area contributed by atoms with E-state index < -0.39 is 0 Å². The monoisotopic (exact) mass is 239 g/mol. The number of ether oxygens (including phenoxy) is 1. The summed E-state index contributed by atoms with van der Waals surface area (Å²) in [5.41, 5.74) is 8.03. The number of aryl methyl sites for hydroxylation is 2. The minimum atomic E-state index is 0.566. The van der Waals surface area contributed by atoms with Gasteiger partial charge < -0.3 is 10.5 Å². The molecule has 0 radical (unpaired) electrons. The summed E-state index contributed by atoms with van der Waals surface area (Å²) >= 11 is 1.89. The molecule has 0 saturated carbocycles. The number of benzene rings is 1. The highest BCUT2D eigenvalue weighted by Gasteiger charge is 2.09. The minimum absolute atomic E-state index is 0.566.